The van der Waals surface area contributed by atoms with Crippen molar-refractivity contribution < 1.29 is 14.3 Å². The normalized spacial score (nSPS) is 11.7. The SMILES string of the molecule is CCNC(=O)C(C)Oc1cccc(C(C)=O)c1. The highest BCUT2D eigenvalue weighted by molar-refractivity contribution is 5.94. The van der Waals surface area contributed by atoms with Crippen LogP contribution in [0.1, 0.15) is 31.1 Å². The van der Waals surface area contributed by atoms with Crippen molar-refractivity contribution in [3.8, 4) is 5.75 Å². The Morgan fingerprint density at radius 1 is 1.41 bits per heavy atom. The van der Waals surface area contributed by atoms with E-state index < -0.39 is 6.10 Å². The van der Waals surface area contributed by atoms with Gasteiger partial charge in [0.1, 0.15) is 5.75 Å². The van der Waals surface area contributed by atoms with Crippen molar-refractivity contribution in [1.29, 1.82) is 0 Å². The van der Waals surface area contributed by atoms with Crippen molar-refractivity contribution in [3.63, 3.8) is 0 Å². The van der Waals surface area contributed by atoms with Crippen LogP contribution in [0.4, 0.5) is 0 Å². The number of carbonyl (C=O) groups excluding carboxylic acids is 2. The van der Waals surface area contributed by atoms with Gasteiger partial charge in [-0.15, -0.1) is 0 Å². The summed E-state index contributed by atoms with van der Waals surface area (Å²) in [5, 5.41) is 2.67. The van der Waals surface area contributed by atoms with E-state index in [1.54, 1.807) is 31.2 Å². The lowest BCUT2D eigenvalue weighted by Gasteiger charge is -2.14. The van der Waals surface area contributed by atoms with E-state index in [2.05, 4.69) is 5.32 Å². The van der Waals surface area contributed by atoms with E-state index in [4.69, 9.17) is 4.74 Å². The molecule has 0 radical (unpaired) electrons. The van der Waals surface area contributed by atoms with Gasteiger partial charge in [-0.05, 0) is 32.9 Å². The number of Topliss-reactive ketones (excluding diaryl/α,β-unsaturated/α-hetero) is 1. The minimum absolute atomic E-state index is 0.0267. The van der Waals surface area contributed by atoms with Gasteiger partial charge in [0.05, 0.1) is 0 Å². The van der Waals surface area contributed by atoms with Crippen molar-refractivity contribution in [2.45, 2.75) is 26.9 Å². The molecule has 0 aliphatic heterocycles. The van der Waals surface area contributed by atoms with Crippen LogP contribution in [0.15, 0.2) is 24.3 Å². The van der Waals surface area contributed by atoms with Gasteiger partial charge in [0.2, 0.25) is 0 Å². The quantitative estimate of drug-likeness (QED) is 0.792. The third-order valence-corrected chi connectivity index (χ3v) is 2.27. The lowest BCUT2D eigenvalue weighted by molar-refractivity contribution is -0.127. The van der Waals surface area contributed by atoms with Crippen LogP contribution in [-0.4, -0.2) is 24.3 Å². The maximum atomic E-state index is 11.5. The summed E-state index contributed by atoms with van der Waals surface area (Å²) in [6.07, 6.45) is -0.572. The minimum atomic E-state index is -0.572. The number of amides is 1. The summed E-state index contributed by atoms with van der Waals surface area (Å²) in [5.41, 5.74) is 0.575. The number of ketones is 1. The Morgan fingerprint density at radius 3 is 2.71 bits per heavy atom. The second kappa shape index (κ2) is 6.03. The molecule has 17 heavy (non-hydrogen) atoms. The Labute approximate surface area is 101 Å². The van der Waals surface area contributed by atoms with Crippen LogP contribution in [-0.2, 0) is 4.79 Å². The van der Waals surface area contributed by atoms with Gasteiger partial charge < -0.3 is 10.1 Å². The van der Waals surface area contributed by atoms with Crippen LogP contribution >= 0.6 is 0 Å². The largest absolute Gasteiger partial charge is 0.481 e. The number of carbonyl (C=O) groups is 2. The van der Waals surface area contributed by atoms with Gasteiger partial charge in [-0.1, -0.05) is 12.1 Å². The van der Waals surface area contributed by atoms with Crippen molar-refractivity contribution in [2.75, 3.05) is 6.54 Å². The van der Waals surface area contributed by atoms with Gasteiger partial charge in [0, 0.05) is 12.1 Å². The molecule has 0 saturated heterocycles. The van der Waals surface area contributed by atoms with E-state index >= 15 is 0 Å². The number of hydrogen-bond donors (Lipinski definition) is 1. The molecule has 92 valence electrons. The monoisotopic (exact) mass is 235 g/mol. The van der Waals surface area contributed by atoms with Gasteiger partial charge >= 0.3 is 0 Å². The Morgan fingerprint density at radius 2 is 2.12 bits per heavy atom. The lowest BCUT2D eigenvalue weighted by Crippen LogP contribution is -2.36. The lowest BCUT2D eigenvalue weighted by atomic mass is 10.1. The molecule has 1 aromatic carbocycles. The van der Waals surface area contributed by atoms with Crippen LogP contribution < -0.4 is 10.1 Å². The fraction of sp³-hybridized carbons (Fsp3) is 0.385. The van der Waals surface area contributed by atoms with Crippen LogP contribution in [0.2, 0.25) is 0 Å². The molecule has 1 N–H and O–H groups in total. The van der Waals surface area contributed by atoms with Gasteiger partial charge in [-0.3, -0.25) is 9.59 Å². The van der Waals surface area contributed by atoms with E-state index in [0.29, 0.717) is 17.9 Å². The molecule has 1 amide bonds. The first-order valence-electron chi connectivity index (χ1n) is 5.60. The van der Waals surface area contributed by atoms with E-state index in [1.807, 2.05) is 6.92 Å². The summed E-state index contributed by atoms with van der Waals surface area (Å²) in [4.78, 5) is 22.6. The number of rotatable bonds is 5. The number of ether oxygens (including phenoxy) is 1. The highest BCUT2D eigenvalue weighted by atomic mass is 16.5. The molecule has 0 spiro atoms. The molecule has 0 fully saturated rings. The number of likely N-dealkylation sites (N-methyl/N-ethyl adjacent to an activating group) is 1. The first kappa shape index (κ1) is 13.2. The van der Waals surface area contributed by atoms with Crippen LogP contribution in [0.3, 0.4) is 0 Å². The van der Waals surface area contributed by atoms with Crippen molar-refractivity contribution in [3.05, 3.63) is 29.8 Å². The van der Waals surface area contributed by atoms with Crippen LogP contribution in [0.25, 0.3) is 0 Å². The average molecular weight is 235 g/mol. The second-order valence-electron chi connectivity index (χ2n) is 3.74. The number of hydrogen-bond acceptors (Lipinski definition) is 3. The molecule has 4 heteroatoms. The average Bonchev–Trinajstić information content (AvgIpc) is 2.29. The molecule has 0 aromatic heterocycles. The highest BCUT2D eigenvalue weighted by Gasteiger charge is 2.13. The van der Waals surface area contributed by atoms with E-state index in [1.165, 1.54) is 6.92 Å². The topological polar surface area (TPSA) is 55.4 Å². The third kappa shape index (κ3) is 3.90. The summed E-state index contributed by atoms with van der Waals surface area (Å²) in [6, 6.07) is 6.81. The van der Waals surface area contributed by atoms with Crippen molar-refractivity contribution in [2.24, 2.45) is 0 Å². The zero-order valence-electron chi connectivity index (χ0n) is 10.3. The molecule has 1 unspecified atom stereocenters. The molecule has 0 aliphatic rings. The summed E-state index contributed by atoms with van der Waals surface area (Å²) >= 11 is 0. The smallest absolute Gasteiger partial charge is 0.260 e. The molecule has 0 heterocycles. The third-order valence-electron chi connectivity index (χ3n) is 2.27. The first-order valence-corrected chi connectivity index (χ1v) is 5.60. The number of benzene rings is 1. The van der Waals surface area contributed by atoms with Gasteiger partial charge in [0.15, 0.2) is 11.9 Å². The Hall–Kier alpha value is -1.84. The summed E-state index contributed by atoms with van der Waals surface area (Å²) in [6.45, 7) is 5.58. The molecular weight excluding hydrogens is 218 g/mol. The summed E-state index contributed by atoms with van der Waals surface area (Å²) in [7, 11) is 0. The molecule has 0 bridgehead atoms. The van der Waals surface area contributed by atoms with Crippen LogP contribution in [0.5, 0.6) is 5.75 Å². The minimum Gasteiger partial charge on any atom is -0.481 e. The molecule has 0 saturated carbocycles. The summed E-state index contributed by atoms with van der Waals surface area (Å²) < 4.78 is 5.46. The molecule has 1 atom stereocenters. The standard InChI is InChI=1S/C13H17NO3/c1-4-14-13(16)10(3)17-12-7-5-6-11(8-12)9(2)15/h5-8,10H,4H2,1-3H3,(H,14,16). The van der Waals surface area contributed by atoms with Crippen molar-refractivity contribution >= 4 is 11.7 Å². The Balaban J connectivity index is 2.71. The van der Waals surface area contributed by atoms with Crippen molar-refractivity contribution in [1.82, 2.24) is 5.32 Å². The van der Waals surface area contributed by atoms with Gasteiger partial charge in [-0.2, -0.15) is 0 Å². The molecule has 0 aliphatic carbocycles. The predicted octanol–water partition coefficient (Wildman–Crippen LogP) is 1.79. The second-order valence-corrected chi connectivity index (χ2v) is 3.74. The van der Waals surface area contributed by atoms with Gasteiger partial charge in [-0.25, -0.2) is 0 Å². The maximum absolute atomic E-state index is 11.5. The Kier molecular flexibility index (Phi) is 4.69. The highest BCUT2D eigenvalue weighted by Crippen LogP contribution is 2.15. The fourth-order valence-electron chi connectivity index (χ4n) is 1.36. The maximum Gasteiger partial charge on any atom is 0.260 e. The fourth-order valence-corrected chi connectivity index (χ4v) is 1.36. The summed E-state index contributed by atoms with van der Waals surface area (Å²) in [5.74, 6) is 0.332. The zero-order valence-corrected chi connectivity index (χ0v) is 10.3. The number of nitrogens with one attached hydrogen (secondary N) is 1. The van der Waals surface area contributed by atoms with Crippen LogP contribution in [0, 0.1) is 0 Å². The van der Waals surface area contributed by atoms with E-state index in [0.717, 1.165) is 0 Å². The first-order chi connectivity index (χ1) is 8.04. The molecular formula is C13H17NO3. The van der Waals surface area contributed by atoms with E-state index in [9.17, 15) is 9.59 Å². The predicted molar refractivity (Wildman–Crippen MR) is 65.2 cm³/mol. The molecule has 1 aromatic rings. The Bertz CT molecular complexity index is 415. The molecule has 1 rings (SSSR count). The zero-order chi connectivity index (χ0) is 12.8. The van der Waals surface area contributed by atoms with E-state index in [-0.39, 0.29) is 11.7 Å². The molecule has 4 nitrogen and oxygen atoms in total. The van der Waals surface area contributed by atoms with Gasteiger partial charge in [0.25, 0.3) is 5.91 Å².